The highest BCUT2D eigenvalue weighted by atomic mass is 19.1. The Kier molecular flexibility index (Phi) is 2.95. The van der Waals surface area contributed by atoms with Crippen LogP contribution in [0.2, 0.25) is 0 Å². The number of halogens is 2. The molecule has 1 atom stereocenters. The van der Waals surface area contributed by atoms with Gasteiger partial charge in [0.1, 0.15) is 11.6 Å². The maximum Gasteiger partial charge on any atom is 0.128 e. The minimum absolute atomic E-state index is 0.202. The summed E-state index contributed by atoms with van der Waals surface area (Å²) in [6.45, 7) is 0. The first-order chi connectivity index (χ1) is 7.69. The van der Waals surface area contributed by atoms with Crippen LogP contribution >= 0.6 is 0 Å². The average molecular weight is 220 g/mol. The number of nitrogens with zero attached hydrogens (tertiary/aromatic N) is 2. The molecule has 1 saturated carbocycles. The molecule has 0 saturated heterocycles. The molecule has 16 heavy (non-hydrogen) atoms. The van der Waals surface area contributed by atoms with Crippen molar-refractivity contribution in [3.8, 4) is 6.07 Å². The Morgan fingerprint density at radius 2 is 1.94 bits per heavy atom. The molecule has 0 radical (unpaired) electrons. The second-order valence-corrected chi connectivity index (χ2v) is 3.80. The van der Waals surface area contributed by atoms with E-state index in [1.165, 1.54) is 12.1 Å². The van der Waals surface area contributed by atoms with Gasteiger partial charge in [0.2, 0.25) is 0 Å². The Bertz CT molecular complexity index is 454. The summed E-state index contributed by atoms with van der Waals surface area (Å²) >= 11 is 0. The van der Waals surface area contributed by atoms with Gasteiger partial charge in [-0.1, -0.05) is 0 Å². The van der Waals surface area contributed by atoms with Gasteiger partial charge in [0.05, 0.1) is 17.7 Å². The number of hydrogen-bond acceptors (Lipinski definition) is 2. The van der Waals surface area contributed by atoms with E-state index in [-0.39, 0.29) is 11.6 Å². The van der Waals surface area contributed by atoms with E-state index in [1.54, 1.807) is 0 Å². The number of nitriles is 1. The van der Waals surface area contributed by atoms with E-state index >= 15 is 0 Å². The zero-order chi connectivity index (χ0) is 11.5. The van der Waals surface area contributed by atoms with Crippen molar-refractivity contribution in [2.45, 2.75) is 19.3 Å². The van der Waals surface area contributed by atoms with Gasteiger partial charge in [-0.25, -0.2) is 8.78 Å². The fourth-order valence-electron chi connectivity index (χ4n) is 1.87. The van der Waals surface area contributed by atoms with Crippen LogP contribution in [0.15, 0.2) is 23.2 Å². The minimum atomic E-state index is -0.647. The summed E-state index contributed by atoms with van der Waals surface area (Å²) in [6.07, 6.45) is 2.43. The second-order valence-electron chi connectivity index (χ2n) is 3.80. The maximum atomic E-state index is 12.9. The van der Waals surface area contributed by atoms with Gasteiger partial charge < -0.3 is 0 Å². The maximum absolute atomic E-state index is 12.9. The van der Waals surface area contributed by atoms with Gasteiger partial charge in [0, 0.05) is 11.8 Å². The molecule has 0 amide bonds. The number of benzene rings is 1. The zero-order valence-electron chi connectivity index (χ0n) is 8.58. The lowest BCUT2D eigenvalue weighted by molar-refractivity contribution is 0.584. The highest BCUT2D eigenvalue weighted by Gasteiger charge is 2.21. The first-order valence-corrected chi connectivity index (χ1v) is 5.12. The molecular weight excluding hydrogens is 210 g/mol. The Hall–Kier alpha value is -1.76. The Balaban J connectivity index is 2.32. The van der Waals surface area contributed by atoms with Crippen LogP contribution in [-0.2, 0) is 0 Å². The van der Waals surface area contributed by atoms with Crippen LogP contribution in [0, 0.1) is 28.9 Å². The van der Waals surface area contributed by atoms with Crippen LogP contribution in [0.5, 0.6) is 0 Å². The van der Waals surface area contributed by atoms with Gasteiger partial charge in [-0.05, 0) is 31.4 Å². The molecule has 2 nitrogen and oxygen atoms in total. The van der Waals surface area contributed by atoms with Gasteiger partial charge in [-0.3, -0.25) is 4.99 Å². The van der Waals surface area contributed by atoms with Crippen molar-refractivity contribution >= 4 is 11.4 Å². The summed E-state index contributed by atoms with van der Waals surface area (Å²) in [6, 6.07) is 5.29. The van der Waals surface area contributed by atoms with E-state index in [4.69, 9.17) is 5.26 Å². The predicted molar refractivity (Wildman–Crippen MR) is 56.4 cm³/mol. The summed E-state index contributed by atoms with van der Waals surface area (Å²) in [4.78, 5) is 4.15. The van der Waals surface area contributed by atoms with Crippen molar-refractivity contribution in [2.75, 3.05) is 0 Å². The fraction of sp³-hybridized carbons (Fsp3) is 0.333. The molecule has 1 aromatic carbocycles. The van der Waals surface area contributed by atoms with Gasteiger partial charge in [-0.2, -0.15) is 5.26 Å². The topological polar surface area (TPSA) is 36.1 Å². The SMILES string of the molecule is N#CC1CCCC1=Nc1cc(F)cc(F)c1. The van der Waals surface area contributed by atoms with Gasteiger partial charge in [0.25, 0.3) is 0 Å². The van der Waals surface area contributed by atoms with Crippen LogP contribution in [0.3, 0.4) is 0 Å². The molecule has 1 aliphatic rings. The molecule has 4 heteroatoms. The first-order valence-electron chi connectivity index (χ1n) is 5.12. The van der Waals surface area contributed by atoms with E-state index in [0.29, 0.717) is 0 Å². The lowest BCUT2D eigenvalue weighted by Crippen LogP contribution is -2.02. The normalized spacial score (nSPS) is 22.3. The van der Waals surface area contributed by atoms with Crippen LogP contribution in [0.1, 0.15) is 19.3 Å². The van der Waals surface area contributed by atoms with Gasteiger partial charge >= 0.3 is 0 Å². The number of aliphatic imine (C=N–C) groups is 1. The van der Waals surface area contributed by atoms with Crippen LogP contribution in [0.25, 0.3) is 0 Å². The smallest absolute Gasteiger partial charge is 0.128 e. The van der Waals surface area contributed by atoms with Gasteiger partial charge in [-0.15, -0.1) is 0 Å². The van der Waals surface area contributed by atoms with E-state index in [9.17, 15) is 8.78 Å². The lowest BCUT2D eigenvalue weighted by Gasteiger charge is -2.01. The van der Waals surface area contributed by atoms with Crippen LogP contribution < -0.4 is 0 Å². The van der Waals surface area contributed by atoms with Crippen molar-refractivity contribution in [1.29, 1.82) is 5.26 Å². The molecule has 2 rings (SSSR count). The van der Waals surface area contributed by atoms with E-state index in [1.807, 2.05) is 0 Å². The second kappa shape index (κ2) is 4.40. The molecule has 0 bridgehead atoms. The van der Waals surface area contributed by atoms with Crippen molar-refractivity contribution < 1.29 is 8.78 Å². The quantitative estimate of drug-likeness (QED) is 0.714. The zero-order valence-corrected chi connectivity index (χ0v) is 8.58. The Morgan fingerprint density at radius 1 is 1.25 bits per heavy atom. The summed E-state index contributed by atoms with van der Waals surface area (Å²) in [5.74, 6) is -1.50. The molecule has 1 aliphatic carbocycles. The molecular formula is C12H10F2N2. The molecule has 0 heterocycles. The number of hydrogen-bond donors (Lipinski definition) is 0. The highest BCUT2D eigenvalue weighted by molar-refractivity contribution is 5.92. The Morgan fingerprint density at radius 3 is 2.56 bits per heavy atom. The standard InChI is InChI=1S/C12H10F2N2/c13-9-4-10(14)6-11(5-9)16-12-3-1-2-8(12)7-15/h4-6,8H,1-3H2. The van der Waals surface area contributed by atoms with Crippen molar-refractivity contribution in [1.82, 2.24) is 0 Å². The number of rotatable bonds is 1. The van der Waals surface area contributed by atoms with E-state index in [2.05, 4.69) is 11.1 Å². The summed E-state index contributed by atoms with van der Waals surface area (Å²) in [7, 11) is 0. The molecule has 0 spiro atoms. The molecule has 0 N–H and O–H groups in total. The van der Waals surface area contributed by atoms with Gasteiger partial charge in [0.15, 0.2) is 0 Å². The third-order valence-corrected chi connectivity index (χ3v) is 2.60. The average Bonchev–Trinajstić information content (AvgIpc) is 2.63. The van der Waals surface area contributed by atoms with Crippen molar-refractivity contribution in [2.24, 2.45) is 10.9 Å². The first kappa shape index (κ1) is 10.7. The summed E-state index contributed by atoms with van der Waals surface area (Å²) < 4.78 is 25.8. The molecule has 1 fully saturated rings. The lowest BCUT2D eigenvalue weighted by atomic mass is 10.1. The van der Waals surface area contributed by atoms with E-state index < -0.39 is 11.6 Å². The van der Waals surface area contributed by atoms with Crippen molar-refractivity contribution in [3.05, 3.63) is 29.8 Å². The third kappa shape index (κ3) is 2.25. The molecule has 1 aromatic rings. The van der Waals surface area contributed by atoms with Crippen molar-refractivity contribution in [3.63, 3.8) is 0 Å². The Labute approximate surface area is 92.2 Å². The molecule has 82 valence electrons. The predicted octanol–water partition coefficient (Wildman–Crippen LogP) is 3.36. The van der Waals surface area contributed by atoms with E-state index in [0.717, 1.165) is 31.0 Å². The molecule has 0 aromatic heterocycles. The monoisotopic (exact) mass is 220 g/mol. The molecule has 1 unspecified atom stereocenters. The third-order valence-electron chi connectivity index (χ3n) is 2.60. The largest absolute Gasteiger partial charge is 0.256 e. The summed E-state index contributed by atoms with van der Waals surface area (Å²) in [5.41, 5.74) is 0.974. The van der Waals surface area contributed by atoms with Crippen LogP contribution in [-0.4, -0.2) is 5.71 Å². The van der Waals surface area contributed by atoms with Crippen LogP contribution in [0.4, 0.5) is 14.5 Å². The summed E-state index contributed by atoms with van der Waals surface area (Å²) in [5, 5.41) is 8.84. The fourth-order valence-corrected chi connectivity index (χ4v) is 1.87. The molecule has 0 aliphatic heterocycles. The highest BCUT2D eigenvalue weighted by Crippen LogP contribution is 2.26. The minimum Gasteiger partial charge on any atom is -0.256 e.